The number of nitrogens with zero attached hydrogens (tertiary/aromatic N) is 4. The normalized spacial score (nSPS) is 20.9. The SMILES string of the molecule is CC(C)(C)OC(=O)N1CCN(c2ccc(N3CC(S(N)(=O)=O)CC3=O)cn2)CC1. The van der Waals surface area contributed by atoms with E-state index in [1.165, 1.54) is 4.90 Å². The number of rotatable bonds is 3. The Kier molecular flexibility index (Phi) is 5.72. The molecule has 0 radical (unpaired) electrons. The molecular formula is C18H27N5O5S. The van der Waals surface area contributed by atoms with Gasteiger partial charge in [-0.25, -0.2) is 23.3 Å². The van der Waals surface area contributed by atoms with Crippen molar-refractivity contribution in [3.8, 4) is 0 Å². The second-order valence-corrected chi connectivity index (χ2v) is 10.1. The Labute approximate surface area is 170 Å². The summed E-state index contributed by atoms with van der Waals surface area (Å²) in [6.07, 6.45) is 1.11. The van der Waals surface area contributed by atoms with Crippen LogP contribution in [0.2, 0.25) is 0 Å². The summed E-state index contributed by atoms with van der Waals surface area (Å²) in [6, 6.07) is 3.53. The largest absolute Gasteiger partial charge is 0.444 e. The minimum atomic E-state index is -3.76. The second kappa shape index (κ2) is 7.79. The van der Waals surface area contributed by atoms with Crippen LogP contribution in [-0.2, 0) is 19.6 Å². The average molecular weight is 426 g/mol. The monoisotopic (exact) mass is 425 g/mol. The zero-order valence-corrected chi connectivity index (χ0v) is 17.7. The highest BCUT2D eigenvalue weighted by Crippen LogP contribution is 2.25. The fourth-order valence-corrected chi connectivity index (χ4v) is 4.05. The van der Waals surface area contributed by atoms with Gasteiger partial charge in [-0.05, 0) is 32.9 Å². The number of nitrogens with two attached hydrogens (primary N) is 1. The van der Waals surface area contributed by atoms with E-state index in [-0.39, 0.29) is 25.0 Å². The van der Waals surface area contributed by atoms with Gasteiger partial charge in [0, 0.05) is 39.1 Å². The van der Waals surface area contributed by atoms with E-state index in [0.717, 1.165) is 5.82 Å². The molecule has 3 rings (SSSR count). The van der Waals surface area contributed by atoms with E-state index in [0.29, 0.717) is 31.9 Å². The quantitative estimate of drug-likeness (QED) is 0.749. The Morgan fingerprint density at radius 3 is 2.34 bits per heavy atom. The summed E-state index contributed by atoms with van der Waals surface area (Å²) in [5, 5.41) is 4.27. The number of anilines is 2. The van der Waals surface area contributed by atoms with E-state index < -0.39 is 20.9 Å². The molecule has 29 heavy (non-hydrogen) atoms. The minimum Gasteiger partial charge on any atom is -0.444 e. The number of amides is 2. The van der Waals surface area contributed by atoms with Crippen molar-refractivity contribution in [3.63, 3.8) is 0 Å². The van der Waals surface area contributed by atoms with Gasteiger partial charge >= 0.3 is 6.09 Å². The maximum Gasteiger partial charge on any atom is 0.410 e. The van der Waals surface area contributed by atoms with Crippen molar-refractivity contribution < 1.29 is 22.7 Å². The molecule has 0 aliphatic carbocycles. The molecule has 1 atom stereocenters. The van der Waals surface area contributed by atoms with E-state index in [1.54, 1.807) is 23.2 Å². The van der Waals surface area contributed by atoms with Crippen molar-refractivity contribution in [2.24, 2.45) is 5.14 Å². The van der Waals surface area contributed by atoms with Gasteiger partial charge < -0.3 is 19.4 Å². The molecule has 2 N–H and O–H groups in total. The molecule has 0 bridgehead atoms. The van der Waals surface area contributed by atoms with E-state index in [1.807, 2.05) is 25.7 Å². The molecule has 0 spiro atoms. The number of pyridine rings is 1. The third-order valence-corrected chi connectivity index (χ3v) is 6.10. The Balaban J connectivity index is 1.59. The molecule has 1 aromatic rings. The highest BCUT2D eigenvalue weighted by molar-refractivity contribution is 7.89. The van der Waals surface area contributed by atoms with Crippen molar-refractivity contribution in [1.29, 1.82) is 0 Å². The molecule has 1 unspecified atom stereocenters. The smallest absolute Gasteiger partial charge is 0.410 e. The van der Waals surface area contributed by atoms with Crippen LogP contribution in [0.3, 0.4) is 0 Å². The topological polar surface area (TPSA) is 126 Å². The predicted octanol–water partition coefficient (Wildman–Crippen LogP) is 0.533. The van der Waals surface area contributed by atoms with Crippen LogP contribution in [0.5, 0.6) is 0 Å². The standard InChI is InChI=1S/C18H27N5O5S/c1-18(2,3)28-17(25)22-8-6-21(7-9-22)15-5-4-13(11-20-15)23-12-14(10-16(23)24)29(19,26)27/h4-5,11,14H,6-10,12H2,1-3H3,(H2,19,26,27). The second-order valence-electron chi connectivity index (χ2n) is 8.25. The number of ether oxygens (including phenoxy) is 1. The first kappa shape index (κ1) is 21.3. The molecule has 2 aliphatic rings. The van der Waals surface area contributed by atoms with Crippen molar-refractivity contribution in [3.05, 3.63) is 18.3 Å². The molecule has 2 amide bonds. The highest BCUT2D eigenvalue weighted by atomic mass is 32.2. The van der Waals surface area contributed by atoms with E-state index in [2.05, 4.69) is 4.98 Å². The minimum absolute atomic E-state index is 0.0350. The van der Waals surface area contributed by atoms with Crippen LogP contribution in [0.4, 0.5) is 16.3 Å². The average Bonchev–Trinajstić information content (AvgIpc) is 3.03. The molecule has 1 aromatic heterocycles. The number of hydrogen-bond acceptors (Lipinski definition) is 7. The number of piperazine rings is 1. The number of aromatic nitrogens is 1. The summed E-state index contributed by atoms with van der Waals surface area (Å²) < 4.78 is 28.4. The number of primary sulfonamides is 1. The van der Waals surface area contributed by atoms with Gasteiger partial charge in [-0.15, -0.1) is 0 Å². The molecule has 11 heteroatoms. The van der Waals surface area contributed by atoms with Crippen molar-refractivity contribution in [1.82, 2.24) is 9.88 Å². The first-order chi connectivity index (χ1) is 13.4. The maximum atomic E-state index is 12.2. The lowest BCUT2D eigenvalue weighted by molar-refractivity contribution is -0.117. The first-order valence-electron chi connectivity index (χ1n) is 9.45. The highest BCUT2D eigenvalue weighted by Gasteiger charge is 2.37. The van der Waals surface area contributed by atoms with E-state index in [9.17, 15) is 18.0 Å². The molecule has 0 saturated carbocycles. The van der Waals surface area contributed by atoms with Crippen molar-refractivity contribution in [2.45, 2.75) is 38.0 Å². The summed E-state index contributed by atoms with van der Waals surface area (Å²) >= 11 is 0. The lowest BCUT2D eigenvalue weighted by Crippen LogP contribution is -2.50. The summed E-state index contributed by atoms with van der Waals surface area (Å²) in [7, 11) is -3.76. The van der Waals surface area contributed by atoms with Crippen LogP contribution in [-0.4, -0.2) is 73.9 Å². The van der Waals surface area contributed by atoms with Gasteiger partial charge in [0.25, 0.3) is 0 Å². The van der Waals surface area contributed by atoms with Crippen LogP contribution < -0.4 is 14.9 Å². The van der Waals surface area contributed by atoms with Gasteiger partial charge in [-0.3, -0.25) is 4.79 Å². The summed E-state index contributed by atoms with van der Waals surface area (Å²) in [5.74, 6) is 0.441. The fraction of sp³-hybridized carbons (Fsp3) is 0.611. The van der Waals surface area contributed by atoms with Gasteiger partial charge in [0.05, 0.1) is 11.9 Å². The number of carbonyl (C=O) groups excluding carboxylic acids is 2. The third-order valence-electron chi connectivity index (χ3n) is 4.85. The van der Waals surface area contributed by atoms with E-state index in [4.69, 9.17) is 9.88 Å². The molecular weight excluding hydrogens is 398 g/mol. The number of sulfonamides is 1. The maximum absolute atomic E-state index is 12.2. The molecule has 3 heterocycles. The molecule has 160 valence electrons. The molecule has 2 fully saturated rings. The Bertz CT molecular complexity index is 873. The predicted molar refractivity (Wildman–Crippen MR) is 108 cm³/mol. The van der Waals surface area contributed by atoms with Crippen LogP contribution in [0.15, 0.2) is 18.3 Å². The number of hydrogen-bond donors (Lipinski definition) is 1. The van der Waals surface area contributed by atoms with Crippen molar-refractivity contribution in [2.75, 3.05) is 42.5 Å². The third kappa shape index (κ3) is 5.15. The molecule has 0 aromatic carbocycles. The van der Waals surface area contributed by atoms with Crippen LogP contribution in [0.1, 0.15) is 27.2 Å². The summed E-state index contributed by atoms with van der Waals surface area (Å²) in [5.41, 5.74) is 0.0122. The molecule has 10 nitrogen and oxygen atoms in total. The van der Waals surface area contributed by atoms with Gasteiger partial charge in [0.2, 0.25) is 15.9 Å². The lowest BCUT2D eigenvalue weighted by atomic mass is 10.2. The Morgan fingerprint density at radius 1 is 1.21 bits per heavy atom. The zero-order chi connectivity index (χ0) is 21.4. The van der Waals surface area contributed by atoms with E-state index >= 15 is 0 Å². The molecule has 2 saturated heterocycles. The first-order valence-corrected chi connectivity index (χ1v) is 11.1. The van der Waals surface area contributed by atoms with Gasteiger partial charge in [0.15, 0.2) is 0 Å². The van der Waals surface area contributed by atoms with Crippen molar-refractivity contribution >= 4 is 33.5 Å². The summed E-state index contributed by atoms with van der Waals surface area (Å²) in [4.78, 5) is 33.8. The summed E-state index contributed by atoms with van der Waals surface area (Å²) in [6.45, 7) is 7.82. The van der Waals surface area contributed by atoms with Gasteiger partial charge in [-0.2, -0.15) is 0 Å². The van der Waals surface area contributed by atoms with Crippen LogP contribution in [0.25, 0.3) is 0 Å². The fourth-order valence-electron chi connectivity index (χ4n) is 3.31. The zero-order valence-electron chi connectivity index (χ0n) is 16.9. The Hall–Kier alpha value is -2.40. The van der Waals surface area contributed by atoms with Crippen LogP contribution in [0, 0.1) is 0 Å². The van der Waals surface area contributed by atoms with Crippen LogP contribution >= 0.6 is 0 Å². The van der Waals surface area contributed by atoms with Gasteiger partial charge in [0.1, 0.15) is 16.7 Å². The Morgan fingerprint density at radius 2 is 1.86 bits per heavy atom. The van der Waals surface area contributed by atoms with Gasteiger partial charge in [-0.1, -0.05) is 0 Å². The molecule has 2 aliphatic heterocycles. The number of carbonyl (C=O) groups is 2. The lowest BCUT2D eigenvalue weighted by Gasteiger charge is -2.36.